The Balaban J connectivity index is 2.07. The topological polar surface area (TPSA) is 74.3 Å². The molecule has 0 bridgehead atoms. The zero-order valence-corrected chi connectivity index (χ0v) is 12.4. The van der Waals surface area contributed by atoms with Gasteiger partial charge in [0, 0.05) is 24.0 Å². The van der Waals surface area contributed by atoms with Crippen LogP contribution >= 0.6 is 0 Å². The van der Waals surface area contributed by atoms with Crippen molar-refractivity contribution in [3.05, 3.63) is 53.5 Å². The van der Waals surface area contributed by atoms with Crippen LogP contribution in [0, 0.1) is 12.1 Å². The van der Waals surface area contributed by atoms with Gasteiger partial charge < -0.3 is 14.3 Å². The Bertz CT molecular complexity index is 812. The van der Waals surface area contributed by atoms with Crippen molar-refractivity contribution >= 4 is 11.3 Å². The number of fused-ring (bicyclic) bond motifs is 1. The third kappa shape index (κ3) is 2.67. The van der Waals surface area contributed by atoms with Crippen LogP contribution in [0.5, 0.6) is 5.75 Å². The third-order valence-corrected chi connectivity index (χ3v) is 3.42. The fourth-order valence-corrected chi connectivity index (χ4v) is 2.36. The lowest BCUT2D eigenvalue weighted by Gasteiger charge is -2.16. The molecular weight excluding hydrogens is 282 g/mol. The van der Waals surface area contributed by atoms with Gasteiger partial charge in [0.25, 0.3) is 0 Å². The molecule has 114 valence electrons. The van der Waals surface area contributed by atoms with E-state index in [1.807, 2.05) is 48.8 Å². The van der Waals surface area contributed by atoms with E-state index in [1.165, 1.54) is 0 Å². The number of hydrogen-bond donors (Lipinski definition) is 2. The summed E-state index contributed by atoms with van der Waals surface area (Å²) in [5, 5.41) is 19.7. The molecule has 0 aliphatic rings. The first kappa shape index (κ1) is 14.5. The molecule has 0 amide bonds. The van der Waals surface area contributed by atoms with E-state index in [9.17, 15) is 10.4 Å². The zero-order valence-electron chi connectivity index (χ0n) is 12.4. The molecule has 0 spiro atoms. The van der Waals surface area contributed by atoms with Crippen molar-refractivity contribution in [3.8, 4) is 17.0 Å². The molecule has 2 N–H and O–H groups in total. The highest BCUT2D eigenvalue weighted by Crippen LogP contribution is 2.28. The molecule has 0 saturated heterocycles. The second-order valence-corrected chi connectivity index (χ2v) is 5.04. The van der Waals surface area contributed by atoms with Crippen LogP contribution in [0.4, 0.5) is 5.69 Å². The molecule has 1 unspecified atom stereocenters. The van der Waals surface area contributed by atoms with Gasteiger partial charge in [0.1, 0.15) is 5.65 Å². The summed E-state index contributed by atoms with van der Waals surface area (Å²) in [5.41, 5.74) is 3.59. The van der Waals surface area contributed by atoms with Crippen LogP contribution in [0.25, 0.3) is 16.9 Å². The first-order chi connectivity index (χ1) is 10.6. The summed E-state index contributed by atoms with van der Waals surface area (Å²) < 4.78 is 7.27. The maximum Gasteiger partial charge on any atom is 0.206 e. The van der Waals surface area contributed by atoms with Gasteiger partial charge in [0.15, 0.2) is 5.75 Å². The number of nitrogens with one attached hydrogen (secondary N) is 1. The van der Waals surface area contributed by atoms with E-state index in [0.29, 0.717) is 12.4 Å². The van der Waals surface area contributed by atoms with Crippen molar-refractivity contribution in [2.45, 2.75) is 13.8 Å². The first-order valence-corrected chi connectivity index (χ1v) is 7.04. The minimum absolute atomic E-state index is 0.146. The van der Waals surface area contributed by atoms with Crippen molar-refractivity contribution in [3.63, 3.8) is 0 Å². The van der Waals surface area contributed by atoms with Crippen LogP contribution in [0.1, 0.15) is 12.5 Å². The monoisotopic (exact) mass is 299 g/mol. The summed E-state index contributed by atoms with van der Waals surface area (Å²) >= 11 is 0. The van der Waals surface area contributed by atoms with Gasteiger partial charge in [-0.05, 0) is 43.7 Å². The molecule has 6 heteroatoms. The molecule has 0 radical (unpaired) electrons. The predicted octanol–water partition coefficient (Wildman–Crippen LogP) is 2.11. The summed E-state index contributed by atoms with van der Waals surface area (Å²) in [4.78, 5) is 4.55. The molecule has 0 aliphatic heterocycles. The summed E-state index contributed by atoms with van der Waals surface area (Å²) in [6.45, 7) is 4.25. The summed E-state index contributed by atoms with van der Waals surface area (Å²) in [7, 11) is 0. The predicted molar refractivity (Wildman–Crippen MR) is 82.3 cm³/mol. The fourth-order valence-electron chi connectivity index (χ4n) is 2.36. The molecule has 2 aromatic heterocycles. The smallest absolute Gasteiger partial charge is 0.206 e. The average Bonchev–Trinajstić information content (AvgIpc) is 2.90. The fraction of sp³-hybridized carbons (Fsp3) is 0.188. The second kappa shape index (κ2) is 5.76. The van der Waals surface area contributed by atoms with E-state index in [0.717, 1.165) is 22.5 Å². The molecule has 3 aromatic rings. The number of benzene rings is 1. The Kier molecular flexibility index (Phi) is 3.81. The van der Waals surface area contributed by atoms with Crippen molar-refractivity contribution in [2.24, 2.45) is 0 Å². The van der Waals surface area contributed by atoms with Gasteiger partial charge in [-0.3, -0.25) is 0 Å². The minimum Gasteiger partial charge on any atom is -0.595 e. The SMILES string of the molecule is CCOc1ccc(-c2cn3ccc(C)cc3n2)cc1[NH+]([O-])O. The number of ether oxygens (including phenoxy) is 1. The van der Waals surface area contributed by atoms with Gasteiger partial charge in [-0.25, -0.2) is 10.2 Å². The van der Waals surface area contributed by atoms with Gasteiger partial charge in [-0.2, -0.15) is 5.23 Å². The lowest BCUT2D eigenvalue weighted by molar-refractivity contribution is -0.991. The maximum absolute atomic E-state index is 11.4. The van der Waals surface area contributed by atoms with Gasteiger partial charge in [0.05, 0.1) is 12.3 Å². The Morgan fingerprint density at radius 2 is 2.14 bits per heavy atom. The molecule has 0 fully saturated rings. The number of rotatable bonds is 4. The van der Waals surface area contributed by atoms with Crippen molar-refractivity contribution in [2.75, 3.05) is 6.61 Å². The Labute approximate surface area is 127 Å². The lowest BCUT2D eigenvalue weighted by Crippen LogP contribution is -2.99. The highest BCUT2D eigenvalue weighted by molar-refractivity contribution is 5.68. The van der Waals surface area contributed by atoms with E-state index in [4.69, 9.17) is 4.74 Å². The maximum atomic E-state index is 11.4. The van der Waals surface area contributed by atoms with E-state index < -0.39 is 5.23 Å². The molecule has 1 aromatic carbocycles. The van der Waals surface area contributed by atoms with Gasteiger partial charge >= 0.3 is 0 Å². The minimum atomic E-state index is -1.01. The van der Waals surface area contributed by atoms with Crippen LogP contribution in [-0.4, -0.2) is 21.2 Å². The normalized spacial score (nSPS) is 12.5. The van der Waals surface area contributed by atoms with Crippen molar-refractivity contribution in [1.82, 2.24) is 9.38 Å². The number of imidazole rings is 1. The largest absolute Gasteiger partial charge is 0.595 e. The van der Waals surface area contributed by atoms with Crippen LogP contribution in [0.3, 0.4) is 0 Å². The highest BCUT2D eigenvalue weighted by atomic mass is 16.8. The second-order valence-electron chi connectivity index (χ2n) is 5.04. The van der Waals surface area contributed by atoms with Crippen LogP contribution < -0.4 is 9.96 Å². The molecule has 2 heterocycles. The third-order valence-electron chi connectivity index (χ3n) is 3.42. The van der Waals surface area contributed by atoms with Crippen LogP contribution in [-0.2, 0) is 0 Å². The van der Waals surface area contributed by atoms with Crippen molar-refractivity contribution in [1.29, 1.82) is 0 Å². The molecule has 0 aliphatic carbocycles. The van der Waals surface area contributed by atoms with Gasteiger partial charge in [-0.15, -0.1) is 0 Å². The number of aryl methyl sites for hydroxylation is 1. The molecule has 3 rings (SSSR count). The Morgan fingerprint density at radius 1 is 1.32 bits per heavy atom. The average molecular weight is 299 g/mol. The number of pyridine rings is 1. The Hall–Kier alpha value is -2.41. The highest BCUT2D eigenvalue weighted by Gasteiger charge is 2.14. The van der Waals surface area contributed by atoms with E-state index >= 15 is 0 Å². The van der Waals surface area contributed by atoms with Crippen LogP contribution in [0.2, 0.25) is 0 Å². The number of quaternary nitrogens is 1. The standard InChI is InChI=1S/C16H17N3O3/c1-3-22-15-5-4-12(9-14(15)19(20)21)13-10-18-7-6-11(2)8-16(18)17-13/h4-10,19-20H,3H2,1-2H3. The molecule has 6 nitrogen and oxygen atoms in total. The zero-order chi connectivity index (χ0) is 15.7. The number of aromatic nitrogens is 2. The molecular formula is C16H17N3O3. The first-order valence-electron chi connectivity index (χ1n) is 7.04. The van der Waals surface area contributed by atoms with Gasteiger partial charge in [0.2, 0.25) is 5.69 Å². The van der Waals surface area contributed by atoms with Crippen LogP contribution in [0.15, 0.2) is 42.7 Å². The summed E-state index contributed by atoms with van der Waals surface area (Å²) in [6, 6.07) is 9.08. The lowest BCUT2D eigenvalue weighted by atomic mass is 10.1. The van der Waals surface area contributed by atoms with E-state index in [1.54, 1.807) is 12.1 Å². The number of nitrogens with zero attached hydrogens (tertiary/aromatic N) is 2. The number of hydrogen-bond acceptors (Lipinski definition) is 4. The molecule has 0 saturated carbocycles. The van der Waals surface area contributed by atoms with E-state index in [-0.39, 0.29) is 5.69 Å². The van der Waals surface area contributed by atoms with E-state index in [2.05, 4.69) is 4.98 Å². The van der Waals surface area contributed by atoms with Crippen molar-refractivity contribution < 1.29 is 15.2 Å². The van der Waals surface area contributed by atoms with Gasteiger partial charge in [-0.1, -0.05) is 0 Å². The summed E-state index contributed by atoms with van der Waals surface area (Å²) in [6.07, 6.45) is 3.82. The quantitative estimate of drug-likeness (QED) is 0.724. The molecule has 1 atom stereocenters. The summed E-state index contributed by atoms with van der Waals surface area (Å²) in [5.74, 6) is 0.373. The molecule has 22 heavy (non-hydrogen) atoms. The Morgan fingerprint density at radius 3 is 2.86 bits per heavy atom.